The van der Waals surface area contributed by atoms with Gasteiger partial charge in [-0.1, -0.05) is 29.8 Å². The first kappa shape index (κ1) is 14.2. The predicted molar refractivity (Wildman–Crippen MR) is 84.5 cm³/mol. The van der Waals surface area contributed by atoms with E-state index in [4.69, 9.17) is 4.74 Å². The normalized spacial score (nSPS) is 14.1. The van der Waals surface area contributed by atoms with E-state index in [-0.39, 0.29) is 12.5 Å². The molecule has 1 aliphatic carbocycles. The van der Waals surface area contributed by atoms with E-state index in [2.05, 4.69) is 29.4 Å². The summed E-state index contributed by atoms with van der Waals surface area (Å²) >= 11 is 1.43. The van der Waals surface area contributed by atoms with Crippen LogP contribution in [0.25, 0.3) is 11.3 Å². The topological polar surface area (TPSA) is 51.2 Å². The molecule has 1 aliphatic rings. The number of aromatic nitrogens is 1. The van der Waals surface area contributed by atoms with Gasteiger partial charge < -0.3 is 4.74 Å². The summed E-state index contributed by atoms with van der Waals surface area (Å²) in [6, 6.07) is 8.18. The summed E-state index contributed by atoms with van der Waals surface area (Å²) in [5.41, 5.74) is 3.16. The maximum Gasteiger partial charge on any atom is 0.252 e. The van der Waals surface area contributed by atoms with Crippen LogP contribution in [0.4, 0.5) is 5.13 Å². The number of anilines is 1. The molecule has 0 radical (unpaired) electrons. The van der Waals surface area contributed by atoms with E-state index in [1.165, 1.54) is 29.7 Å². The van der Waals surface area contributed by atoms with Crippen molar-refractivity contribution in [2.75, 3.05) is 18.5 Å². The van der Waals surface area contributed by atoms with Crippen LogP contribution in [0.5, 0.6) is 0 Å². The number of hydrogen-bond acceptors (Lipinski definition) is 4. The first-order valence-electron chi connectivity index (χ1n) is 7.11. The number of carbonyl (C=O) groups is 1. The fraction of sp³-hybridized carbons (Fsp3) is 0.375. The van der Waals surface area contributed by atoms with Gasteiger partial charge in [-0.3, -0.25) is 10.1 Å². The molecule has 1 N–H and O–H groups in total. The third-order valence-corrected chi connectivity index (χ3v) is 4.14. The monoisotopic (exact) mass is 302 g/mol. The molecular weight excluding hydrogens is 284 g/mol. The molecule has 2 aromatic rings. The van der Waals surface area contributed by atoms with Crippen molar-refractivity contribution in [2.24, 2.45) is 5.92 Å². The van der Waals surface area contributed by atoms with Gasteiger partial charge >= 0.3 is 0 Å². The Morgan fingerprint density at radius 2 is 2.14 bits per heavy atom. The highest BCUT2D eigenvalue weighted by Crippen LogP contribution is 2.28. The number of nitrogens with zero attached hydrogens (tertiary/aromatic N) is 1. The van der Waals surface area contributed by atoms with Crippen LogP contribution in [0.1, 0.15) is 18.4 Å². The first-order valence-corrected chi connectivity index (χ1v) is 7.99. The highest BCUT2D eigenvalue weighted by Gasteiger charge is 2.21. The molecule has 0 atom stereocenters. The van der Waals surface area contributed by atoms with E-state index >= 15 is 0 Å². The van der Waals surface area contributed by atoms with Crippen LogP contribution in [0.3, 0.4) is 0 Å². The summed E-state index contributed by atoms with van der Waals surface area (Å²) in [5.74, 6) is 0.534. The minimum absolute atomic E-state index is 0.107. The second-order valence-corrected chi connectivity index (χ2v) is 6.27. The molecule has 4 nitrogen and oxygen atoms in total. The first-order chi connectivity index (χ1) is 10.2. The third-order valence-electron chi connectivity index (χ3n) is 3.38. The maximum atomic E-state index is 11.7. The van der Waals surface area contributed by atoms with E-state index in [1.54, 1.807) is 0 Å². The van der Waals surface area contributed by atoms with Crippen LogP contribution in [0, 0.1) is 12.8 Å². The van der Waals surface area contributed by atoms with Gasteiger partial charge in [0, 0.05) is 10.9 Å². The van der Waals surface area contributed by atoms with Crippen molar-refractivity contribution in [1.82, 2.24) is 4.98 Å². The van der Waals surface area contributed by atoms with E-state index in [0.29, 0.717) is 17.7 Å². The van der Waals surface area contributed by atoms with Crippen LogP contribution >= 0.6 is 11.3 Å². The molecule has 0 unspecified atom stereocenters. The Morgan fingerprint density at radius 1 is 1.38 bits per heavy atom. The zero-order valence-electron chi connectivity index (χ0n) is 12.0. The number of ether oxygens (including phenoxy) is 1. The van der Waals surface area contributed by atoms with E-state index < -0.39 is 0 Å². The number of hydrogen-bond donors (Lipinski definition) is 1. The highest BCUT2D eigenvalue weighted by atomic mass is 32.1. The summed E-state index contributed by atoms with van der Waals surface area (Å²) in [6.07, 6.45) is 2.46. The molecule has 1 amide bonds. The van der Waals surface area contributed by atoms with Gasteiger partial charge in [-0.05, 0) is 25.7 Å². The predicted octanol–water partition coefficient (Wildman–Crippen LogP) is 3.48. The molecule has 1 heterocycles. The number of nitrogens with one attached hydrogen (secondary N) is 1. The molecule has 1 fully saturated rings. The molecular formula is C16H18N2O2S. The fourth-order valence-corrected chi connectivity index (χ4v) is 2.68. The zero-order valence-corrected chi connectivity index (χ0v) is 12.8. The fourth-order valence-electron chi connectivity index (χ4n) is 1.95. The van der Waals surface area contributed by atoms with E-state index in [0.717, 1.165) is 11.3 Å². The van der Waals surface area contributed by atoms with Gasteiger partial charge in [-0.25, -0.2) is 4.98 Å². The maximum absolute atomic E-state index is 11.7. The van der Waals surface area contributed by atoms with Gasteiger partial charge in [0.1, 0.15) is 6.61 Å². The van der Waals surface area contributed by atoms with Crippen molar-refractivity contribution in [2.45, 2.75) is 19.8 Å². The molecule has 1 saturated carbocycles. The SMILES string of the molecule is Cc1ccc(-c2csc(NC(=O)COCC3CC3)n2)cc1. The van der Waals surface area contributed by atoms with Crippen molar-refractivity contribution in [3.8, 4) is 11.3 Å². The smallest absolute Gasteiger partial charge is 0.252 e. The summed E-state index contributed by atoms with van der Waals surface area (Å²) in [4.78, 5) is 16.2. The van der Waals surface area contributed by atoms with Crippen LogP contribution in [-0.4, -0.2) is 24.1 Å². The van der Waals surface area contributed by atoms with Gasteiger partial charge in [0.15, 0.2) is 5.13 Å². The number of benzene rings is 1. The van der Waals surface area contributed by atoms with Gasteiger partial charge in [0.05, 0.1) is 12.3 Å². The van der Waals surface area contributed by atoms with E-state index in [9.17, 15) is 4.79 Å². The van der Waals surface area contributed by atoms with Crippen molar-refractivity contribution in [1.29, 1.82) is 0 Å². The zero-order chi connectivity index (χ0) is 14.7. The molecule has 0 aliphatic heterocycles. The summed E-state index contributed by atoms with van der Waals surface area (Å²) in [5, 5.41) is 5.35. The Kier molecular flexibility index (Phi) is 4.31. The molecule has 0 saturated heterocycles. The van der Waals surface area contributed by atoms with E-state index in [1.807, 2.05) is 17.5 Å². The van der Waals surface area contributed by atoms with Crippen LogP contribution < -0.4 is 5.32 Å². The van der Waals surface area contributed by atoms with Crippen LogP contribution in [0.2, 0.25) is 0 Å². The number of carbonyl (C=O) groups excluding carboxylic acids is 1. The number of amides is 1. The lowest BCUT2D eigenvalue weighted by Crippen LogP contribution is -2.18. The van der Waals surface area contributed by atoms with Gasteiger partial charge in [0.25, 0.3) is 5.91 Å². The third kappa shape index (κ3) is 4.12. The second kappa shape index (κ2) is 6.37. The molecule has 5 heteroatoms. The lowest BCUT2D eigenvalue weighted by molar-refractivity contribution is -0.120. The number of rotatable bonds is 6. The number of aryl methyl sites for hydroxylation is 1. The second-order valence-electron chi connectivity index (χ2n) is 5.41. The van der Waals surface area contributed by atoms with Crippen LogP contribution in [-0.2, 0) is 9.53 Å². The molecule has 1 aromatic heterocycles. The largest absolute Gasteiger partial charge is 0.371 e. The minimum Gasteiger partial charge on any atom is -0.371 e. The Bertz CT molecular complexity index is 617. The molecule has 1 aromatic carbocycles. The molecule has 0 bridgehead atoms. The van der Waals surface area contributed by atoms with Gasteiger partial charge in [0.2, 0.25) is 0 Å². The Labute approximate surface area is 128 Å². The Balaban J connectivity index is 1.54. The average molecular weight is 302 g/mol. The van der Waals surface area contributed by atoms with Crippen molar-refractivity contribution in [3.63, 3.8) is 0 Å². The van der Waals surface area contributed by atoms with Gasteiger partial charge in [-0.2, -0.15) is 0 Å². The molecule has 0 spiro atoms. The minimum atomic E-state index is -0.138. The van der Waals surface area contributed by atoms with Gasteiger partial charge in [-0.15, -0.1) is 11.3 Å². The Hall–Kier alpha value is -1.72. The Morgan fingerprint density at radius 3 is 2.86 bits per heavy atom. The summed E-state index contributed by atoms with van der Waals surface area (Å²) in [7, 11) is 0. The molecule has 3 rings (SSSR count). The molecule has 21 heavy (non-hydrogen) atoms. The lowest BCUT2D eigenvalue weighted by Gasteiger charge is -2.02. The van der Waals surface area contributed by atoms with Crippen molar-refractivity contribution < 1.29 is 9.53 Å². The van der Waals surface area contributed by atoms with Crippen molar-refractivity contribution >= 4 is 22.4 Å². The molecule has 110 valence electrons. The summed E-state index contributed by atoms with van der Waals surface area (Å²) in [6.45, 7) is 2.86. The average Bonchev–Trinajstić information content (AvgIpc) is 3.18. The quantitative estimate of drug-likeness (QED) is 0.888. The summed E-state index contributed by atoms with van der Waals surface area (Å²) < 4.78 is 5.36. The highest BCUT2D eigenvalue weighted by molar-refractivity contribution is 7.14. The standard InChI is InChI=1S/C16H18N2O2S/c1-11-2-6-13(7-3-11)14-10-21-16(17-14)18-15(19)9-20-8-12-4-5-12/h2-3,6-7,10,12H,4-5,8-9H2,1H3,(H,17,18,19). The number of thiazole rings is 1. The lowest BCUT2D eigenvalue weighted by atomic mass is 10.1. The van der Waals surface area contributed by atoms with Crippen molar-refractivity contribution in [3.05, 3.63) is 35.2 Å². The van der Waals surface area contributed by atoms with Crippen LogP contribution in [0.15, 0.2) is 29.6 Å².